The Balaban J connectivity index is 0.000000197. The van der Waals surface area contributed by atoms with Crippen molar-refractivity contribution in [1.29, 1.82) is 0 Å². The number of aliphatic hydroxyl groups excluding tert-OH is 13. The summed E-state index contributed by atoms with van der Waals surface area (Å²) in [6.45, 7) is 7.73. The van der Waals surface area contributed by atoms with Gasteiger partial charge in [-0.25, -0.2) is 19.2 Å². The van der Waals surface area contributed by atoms with E-state index in [4.69, 9.17) is 37.9 Å². The van der Waals surface area contributed by atoms with E-state index in [1.807, 2.05) is 6.92 Å². The van der Waals surface area contributed by atoms with Gasteiger partial charge < -0.3 is 125 Å². The summed E-state index contributed by atoms with van der Waals surface area (Å²) in [6.07, 6.45) is -22.2. The van der Waals surface area contributed by atoms with E-state index in [9.17, 15) is 116 Å². The Kier molecular flexibility index (Phi) is 21.8. The Morgan fingerprint density at radius 3 is 1.32 bits per heavy atom. The van der Waals surface area contributed by atoms with E-state index in [0.29, 0.717) is 63.2 Å². The Bertz CT molecular complexity index is 2930. The summed E-state index contributed by atoms with van der Waals surface area (Å²) >= 11 is 0. The van der Waals surface area contributed by atoms with Crippen LogP contribution in [0.4, 0.5) is 0 Å². The van der Waals surface area contributed by atoms with Gasteiger partial charge in [-0.2, -0.15) is 0 Å². The normalized spacial score (nSPS) is 51.6. The van der Waals surface area contributed by atoms with Crippen molar-refractivity contribution in [2.24, 2.45) is 74.9 Å². The van der Waals surface area contributed by atoms with Crippen LogP contribution >= 0.6 is 0 Å². The van der Waals surface area contributed by atoms with E-state index in [-0.39, 0.29) is 69.4 Å². The van der Waals surface area contributed by atoms with Gasteiger partial charge in [0.05, 0.1) is 18.3 Å². The Hall–Kier alpha value is -3.88. The number of aliphatic hydroxyl groups is 13. The molecular weight excluding hydrogens is 1290 g/mol. The van der Waals surface area contributed by atoms with E-state index >= 15 is 0 Å². The molecule has 0 aromatic carbocycles. The molecule has 0 bridgehead atoms. The molecule has 12 rings (SSSR count). The van der Waals surface area contributed by atoms with Crippen LogP contribution in [0.3, 0.4) is 0 Å². The number of hydrogen-bond donors (Lipinski definition) is 17. The number of hydrogen-bond acceptors (Lipinski definition) is 27. The third kappa shape index (κ3) is 13.3. The van der Waals surface area contributed by atoms with Gasteiger partial charge in [0.2, 0.25) is 0 Å². The third-order valence-corrected chi connectivity index (χ3v) is 26.1. The van der Waals surface area contributed by atoms with E-state index in [2.05, 4.69) is 26.8 Å². The lowest BCUT2D eigenvalue weighted by Crippen LogP contribution is -2.62. The largest absolute Gasteiger partial charge is 0.479 e. The fourth-order valence-electron chi connectivity index (χ4n) is 20.9. The minimum Gasteiger partial charge on any atom is -0.479 e. The minimum absolute atomic E-state index is 0.0353. The molecule has 0 amide bonds. The summed E-state index contributed by atoms with van der Waals surface area (Å²) in [4.78, 5) is 73.1. The van der Waals surface area contributed by atoms with Gasteiger partial charge in [-0.1, -0.05) is 39.3 Å². The first-order chi connectivity index (χ1) is 45.6. The van der Waals surface area contributed by atoms with Crippen LogP contribution in [-0.2, 0) is 66.7 Å². The van der Waals surface area contributed by atoms with Crippen LogP contribution in [0.1, 0.15) is 130 Å². The molecule has 0 aromatic heterocycles. The lowest BCUT2D eigenvalue weighted by atomic mass is 9.44. The molecule has 4 aliphatic heterocycles. The van der Waals surface area contributed by atoms with Crippen LogP contribution in [0.5, 0.6) is 0 Å². The summed E-state index contributed by atoms with van der Waals surface area (Å²) in [5, 5.41) is 171. The molecule has 7 saturated carbocycles. The third-order valence-electron chi connectivity index (χ3n) is 26.1. The number of rotatable bonds is 16. The van der Waals surface area contributed by atoms with E-state index in [0.717, 1.165) is 51.4 Å². The standard InChI is InChI=1S/C33H50O16.C33H48O15/c1-32-8-7-13(47-31-25(41)21(37)23(39)27(49-31)29(44)45)9-12(32)3-4-14-15-5-6-16(33(15,2)10-17(34)19(14)32)18(35)11-46-30-24(40)20(36)22(38)26(48-30)28(42)43;1-32-9-7-14(46-31-25(40)21(36)23(38)27(48-31)29(43)44)11-13(32)3-4-15-16-5-6-18(33(16,2)10-8-17(15)32)19(34)12-45-30-24(39)20(35)22(37)26(47-30)28(41)42/h12-17,19-27,30-31,34,36-41H,3-11H2,1-2H3,(H,42,43)(H,44,45);3,14-18,20-27,30-31,35-40H,4-12H2,1-2H3,(H,41,42)(H,43,44)/t12-,13-,14?,15?,16-,17-,19?,20+,21+,22+,23+,24-,25-,26+,27+,30?,31?,32+,33+;14-,15-,16-,17-,18+,20-,21-,22-,23-,24+,25+,26-,27-,30?,31?,32-,33-/m10/s1. The molecule has 97 heavy (non-hydrogen) atoms. The zero-order chi connectivity index (χ0) is 70.6. The molecule has 7 unspecified atom stereocenters. The number of fused-ring (bicyclic) bond motifs is 10. The predicted octanol–water partition coefficient (Wildman–Crippen LogP) is -2.31. The van der Waals surface area contributed by atoms with Crippen molar-refractivity contribution < 1.29 is 153 Å². The quantitative estimate of drug-likeness (QED) is 0.0570. The number of allylic oxidation sites excluding steroid dienone is 1. The second-order valence-electron chi connectivity index (χ2n) is 30.9. The molecule has 17 N–H and O–H groups in total. The van der Waals surface area contributed by atoms with Crippen LogP contribution in [-0.4, -0.2) is 277 Å². The lowest BCUT2D eigenvalue weighted by Gasteiger charge is -2.62. The second-order valence-corrected chi connectivity index (χ2v) is 30.9. The number of carbonyl (C=O) groups excluding carboxylic acids is 2. The molecule has 4 heterocycles. The molecule has 8 aliphatic carbocycles. The second kappa shape index (κ2) is 28.4. The molecule has 0 spiro atoms. The summed E-state index contributed by atoms with van der Waals surface area (Å²) in [5.41, 5.74) is 0.0645. The van der Waals surface area contributed by atoms with Gasteiger partial charge in [-0.15, -0.1) is 0 Å². The van der Waals surface area contributed by atoms with Crippen molar-refractivity contribution in [2.45, 2.75) is 272 Å². The van der Waals surface area contributed by atoms with Crippen LogP contribution in [0.25, 0.3) is 0 Å². The average Bonchev–Trinajstić information content (AvgIpc) is 1.68. The first-order valence-electron chi connectivity index (χ1n) is 34.2. The fourth-order valence-corrected chi connectivity index (χ4v) is 20.9. The molecule has 31 nitrogen and oxygen atoms in total. The Morgan fingerprint density at radius 2 is 0.845 bits per heavy atom. The maximum Gasteiger partial charge on any atom is 0.335 e. The van der Waals surface area contributed by atoms with Gasteiger partial charge in [0.25, 0.3) is 0 Å². The van der Waals surface area contributed by atoms with Gasteiger partial charge >= 0.3 is 23.9 Å². The molecule has 4 saturated heterocycles. The summed E-state index contributed by atoms with van der Waals surface area (Å²) in [5.74, 6) is -5.80. The number of Topliss-reactive ketones (excluding diaryl/α,β-unsaturated/α-hetero) is 2. The number of ether oxygens (including phenoxy) is 8. The first-order valence-corrected chi connectivity index (χ1v) is 34.2. The minimum atomic E-state index is -1.87. The smallest absolute Gasteiger partial charge is 0.335 e. The molecule has 0 aromatic rings. The highest BCUT2D eigenvalue weighted by Gasteiger charge is 2.66. The number of aliphatic carboxylic acids is 4. The SMILES string of the molecule is C[C@]12CC[C@H]3[C@@H](CC=C4C[C@@H](OC5O[C@H](C(=O)O)[C@@H](O)[C@H](O)[C@H]5O)CC[C@@]43C)[C@@H]1CC[C@@H]2C(=O)COC1O[C@H](C(=O)O)[C@@H](O)[C@H](O)[C@H]1O.C[C@]12C[C@@H](O)C3C(CC[C@@H]4C[C@H](OC5O[C@H](C(=O)O)[C@@H](O)[C@H](O)[C@H]5O)CC[C@]34C)C1CC[C@@H]2C(=O)COC1O[C@H](C(=O)O)[C@@H](O)[C@H](O)[C@H]1O. The van der Waals surface area contributed by atoms with Gasteiger partial charge in [0.1, 0.15) is 86.5 Å². The van der Waals surface area contributed by atoms with Crippen molar-refractivity contribution in [2.75, 3.05) is 13.2 Å². The highest BCUT2D eigenvalue weighted by Crippen LogP contribution is 2.69. The fraction of sp³-hybridized carbons (Fsp3) is 0.879. The lowest BCUT2D eigenvalue weighted by molar-refractivity contribution is -0.310. The summed E-state index contributed by atoms with van der Waals surface area (Å²) in [7, 11) is 0. The zero-order valence-electron chi connectivity index (χ0n) is 54.6. The van der Waals surface area contributed by atoms with Crippen molar-refractivity contribution >= 4 is 35.4 Å². The number of ketones is 2. The van der Waals surface area contributed by atoms with E-state index < -0.39 is 183 Å². The Morgan fingerprint density at radius 1 is 0.433 bits per heavy atom. The van der Waals surface area contributed by atoms with Gasteiger partial charge in [0, 0.05) is 11.8 Å². The highest BCUT2D eigenvalue weighted by atomic mass is 16.7. The molecule has 548 valence electrons. The average molecular weight is 1390 g/mol. The van der Waals surface area contributed by atoms with Gasteiger partial charge in [0.15, 0.2) is 61.1 Å². The topological polar surface area (TPSA) is 520 Å². The summed E-state index contributed by atoms with van der Waals surface area (Å²) < 4.78 is 44.2. The van der Waals surface area contributed by atoms with Crippen molar-refractivity contribution in [1.82, 2.24) is 0 Å². The van der Waals surface area contributed by atoms with Crippen molar-refractivity contribution in [3.63, 3.8) is 0 Å². The van der Waals surface area contributed by atoms with Gasteiger partial charge in [-0.3, -0.25) is 9.59 Å². The number of carbonyl (C=O) groups is 6. The molecular formula is C66H98O31. The molecule has 12 aliphatic rings. The monoisotopic (exact) mass is 1390 g/mol. The number of carboxylic acids is 4. The van der Waals surface area contributed by atoms with Crippen molar-refractivity contribution in [3.8, 4) is 0 Å². The molecule has 11 fully saturated rings. The molecule has 0 radical (unpaired) electrons. The zero-order valence-corrected chi connectivity index (χ0v) is 54.6. The maximum atomic E-state index is 13.6. The first kappa shape index (κ1) is 74.3. The number of carboxylic acid groups (broad SMARTS) is 4. The van der Waals surface area contributed by atoms with Gasteiger partial charge in [-0.05, 0) is 166 Å². The van der Waals surface area contributed by atoms with E-state index in [1.165, 1.54) is 5.57 Å². The maximum absolute atomic E-state index is 13.6. The predicted molar refractivity (Wildman–Crippen MR) is 321 cm³/mol. The molecule has 31 heteroatoms. The van der Waals surface area contributed by atoms with Crippen LogP contribution in [0.2, 0.25) is 0 Å². The van der Waals surface area contributed by atoms with Crippen LogP contribution < -0.4 is 0 Å². The van der Waals surface area contributed by atoms with Crippen LogP contribution in [0.15, 0.2) is 11.6 Å². The van der Waals surface area contributed by atoms with E-state index in [1.54, 1.807) is 0 Å². The Labute approximate surface area is 558 Å². The molecule has 36 atom stereocenters. The highest BCUT2D eigenvalue weighted by molar-refractivity contribution is 5.84. The van der Waals surface area contributed by atoms with Crippen LogP contribution in [0, 0.1) is 74.9 Å². The summed E-state index contributed by atoms with van der Waals surface area (Å²) in [6, 6.07) is 0. The van der Waals surface area contributed by atoms with Crippen molar-refractivity contribution in [3.05, 3.63) is 11.6 Å².